The maximum atomic E-state index is 12.3. The Labute approximate surface area is 192 Å². The molecule has 2 heterocycles. The van der Waals surface area contributed by atoms with E-state index in [1.165, 1.54) is 17.4 Å². The maximum Gasteiger partial charge on any atom is 0.270 e. The molecule has 1 fully saturated rings. The molecule has 0 spiro atoms. The monoisotopic (exact) mass is 479 g/mol. The molecule has 1 N–H and O–H groups in total. The third-order valence-corrected chi connectivity index (χ3v) is 6.74. The summed E-state index contributed by atoms with van der Waals surface area (Å²) in [6.07, 6.45) is 0. The lowest BCUT2D eigenvalue weighted by atomic mass is 10.2. The largest absolute Gasteiger partial charge is 0.351 e. The first kappa shape index (κ1) is 21.8. The normalized spacial score (nSPS) is 14.7. The van der Waals surface area contributed by atoms with Crippen molar-refractivity contribution in [3.63, 3.8) is 0 Å². The van der Waals surface area contributed by atoms with E-state index in [0.29, 0.717) is 22.2 Å². The fraction of sp³-hybridized carbons (Fsp3) is 0.300. The first-order valence-corrected chi connectivity index (χ1v) is 11.2. The van der Waals surface area contributed by atoms with Gasteiger partial charge in [0.2, 0.25) is 0 Å². The number of nitro benzene ring substituents is 1. The average molecular weight is 480 g/mol. The third-order valence-electron chi connectivity index (χ3n) is 5.10. The average Bonchev–Trinajstić information content (AvgIpc) is 3.19. The predicted octanol–water partition coefficient (Wildman–Crippen LogP) is 4.06. The number of carbonyl (C=O) groups is 1. The first-order chi connectivity index (χ1) is 14.9. The number of thiazole rings is 1. The number of hydrogen-bond donors (Lipinski definition) is 1. The molecule has 0 radical (unpaired) electrons. The molecular weight excluding hydrogens is 461 g/mol. The fourth-order valence-electron chi connectivity index (χ4n) is 3.41. The summed E-state index contributed by atoms with van der Waals surface area (Å²) >= 11 is 13.5. The van der Waals surface area contributed by atoms with Gasteiger partial charge in [-0.1, -0.05) is 34.5 Å². The smallest absolute Gasteiger partial charge is 0.270 e. The molecule has 1 aromatic heterocycles. The number of anilines is 1. The van der Waals surface area contributed by atoms with Crippen LogP contribution in [-0.2, 0) is 0 Å². The van der Waals surface area contributed by atoms with Crippen LogP contribution in [0.15, 0.2) is 36.4 Å². The molecule has 2 aromatic carbocycles. The highest BCUT2D eigenvalue weighted by Gasteiger charge is 2.21. The van der Waals surface area contributed by atoms with Crippen molar-refractivity contribution in [2.45, 2.75) is 0 Å². The molecule has 31 heavy (non-hydrogen) atoms. The molecule has 4 rings (SSSR count). The molecule has 0 unspecified atom stereocenters. The number of nitrogens with zero attached hydrogens (tertiary/aromatic N) is 4. The minimum absolute atomic E-state index is 0.0774. The van der Waals surface area contributed by atoms with Crippen molar-refractivity contribution < 1.29 is 9.72 Å². The number of nitro groups is 1. The summed E-state index contributed by atoms with van der Waals surface area (Å²) in [7, 11) is 0. The van der Waals surface area contributed by atoms with Gasteiger partial charge in [-0.25, -0.2) is 4.98 Å². The zero-order chi connectivity index (χ0) is 22.0. The number of halogens is 2. The lowest BCUT2D eigenvalue weighted by molar-refractivity contribution is -0.384. The number of nitrogens with one attached hydrogen (secondary N) is 1. The van der Waals surface area contributed by atoms with Gasteiger partial charge < -0.3 is 10.2 Å². The van der Waals surface area contributed by atoms with E-state index in [0.717, 1.165) is 48.1 Å². The van der Waals surface area contributed by atoms with E-state index < -0.39 is 4.92 Å². The van der Waals surface area contributed by atoms with Gasteiger partial charge in [0.15, 0.2) is 5.13 Å². The molecule has 1 saturated heterocycles. The van der Waals surface area contributed by atoms with E-state index in [2.05, 4.69) is 20.1 Å². The number of hydrogen-bond acceptors (Lipinski definition) is 7. The van der Waals surface area contributed by atoms with Crippen LogP contribution in [0.1, 0.15) is 10.4 Å². The summed E-state index contributed by atoms with van der Waals surface area (Å²) in [5, 5.41) is 15.6. The van der Waals surface area contributed by atoms with E-state index in [4.69, 9.17) is 23.2 Å². The topological polar surface area (TPSA) is 91.6 Å². The highest BCUT2D eigenvalue weighted by atomic mass is 35.5. The number of rotatable bonds is 6. The van der Waals surface area contributed by atoms with E-state index in [9.17, 15) is 14.9 Å². The lowest BCUT2D eigenvalue weighted by Gasteiger charge is -2.34. The molecule has 0 atom stereocenters. The number of fused-ring (bicyclic) bond motifs is 1. The molecule has 8 nitrogen and oxygen atoms in total. The van der Waals surface area contributed by atoms with Crippen LogP contribution in [0, 0.1) is 10.1 Å². The summed E-state index contributed by atoms with van der Waals surface area (Å²) in [5.74, 6) is -0.241. The van der Waals surface area contributed by atoms with E-state index in [-0.39, 0.29) is 11.6 Å². The summed E-state index contributed by atoms with van der Waals surface area (Å²) in [6, 6.07) is 9.56. The number of non-ortho nitro benzene ring substituents is 1. The van der Waals surface area contributed by atoms with Crippen LogP contribution in [0.2, 0.25) is 10.0 Å². The Morgan fingerprint density at radius 1 is 1.16 bits per heavy atom. The van der Waals surface area contributed by atoms with Crippen LogP contribution in [0.25, 0.3) is 10.2 Å². The van der Waals surface area contributed by atoms with Crippen molar-refractivity contribution >= 4 is 61.5 Å². The van der Waals surface area contributed by atoms with Crippen LogP contribution < -0.4 is 10.2 Å². The number of aromatic nitrogens is 1. The van der Waals surface area contributed by atoms with Crippen molar-refractivity contribution in [1.82, 2.24) is 15.2 Å². The summed E-state index contributed by atoms with van der Waals surface area (Å²) in [4.78, 5) is 32.0. The molecule has 0 saturated carbocycles. The second-order valence-electron chi connectivity index (χ2n) is 7.11. The van der Waals surface area contributed by atoms with Crippen molar-refractivity contribution in [3.8, 4) is 0 Å². The molecule has 11 heteroatoms. The van der Waals surface area contributed by atoms with Crippen molar-refractivity contribution in [3.05, 3.63) is 62.1 Å². The summed E-state index contributed by atoms with van der Waals surface area (Å²) < 4.78 is 0.814. The van der Waals surface area contributed by atoms with Crippen molar-refractivity contribution in [2.24, 2.45) is 0 Å². The quantitative estimate of drug-likeness (QED) is 0.423. The van der Waals surface area contributed by atoms with E-state index >= 15 is 0 Å². The van der Waals surface area contributed by atoms with Gasteiger partial charge in [-0.05, 0) is 24.3 Å². The van der Waals surface area contributed by atoms with Crippen LogP contribution in [0.4, 0.5) is 10.8 Å². The Balaban J connectivity index is 1.28. The number of benzene rings is 2. The van der Waals surface area contributed by atoms with Crippen molar-refractivity contribution in [1.29, 1.82) is 0 Å². The zero-order valence-electron chi connectivity index (χ0n) is 16.4. The molecular formula is C20H19Cl2N5O3S. The fourth-order valence-corrected chi connectivity index (χ4v) is 4.83. The SMILES string of the molecule is O=C(NCCN1CCN(c2nc3ccc([N+](=O)[O-])cc3s2)CC1)c1cc(Cl)ccc1Cl. The van der Waals surface area contributed by atoms with E-state index in [1.807, 2.05) is 0 Å². The van der Waals surface area contributed by atoms with Crippen LogP contribution in [0.5, 0.6) is 0 Å². The Hall–Kier alpha value is -2.46. The van der Waals surface area contributed by atoms with Crippen LogP contribution in [-0.4, -0.2) is 60.0 Å². The number of piperazine rings is 1. The molecule has 0 bridgehead atoms. The molecule has 162 valence electrons. The predicted molar refractivity (Wildman–Crippen MR) is 124 cm³/mol. The second kappa shape index (κ2) is 9.35. The lowest BCUT2D eigenvalue weighted by Crippen LogP contribution is -2.48. The molecule has 1 amide bonds. The standard InChI is InChI=1S/C20H19Cl2N5O3S/c21-13-1-3-16(22)15(11-13)19(28)23-5-6-25-7-9-26(10-8-25)20-24-17-4-2-14(27(29)30)12-18(17)31-20/h1-4,11-12H,5-10H2,(H,23,28). The van der Waals surface area contributed by atoms with Gasteiger partial charge in [0, 0.05) is 56.4 Å². The summed E-state index contributed by atoms with van der Waals surface area (Å²) in [6.45, 7) is 4.51. The van der Waals surface area contributed by atoms with Crippen LogP contribution >= 0.6 is 34.5 Å². The van der Waals surface area contributed by atoms with Gasteiger partial charge >= 0.3 is 0 Å². The Kier molecular flexibility index (Phi) is 6.57. The third kappa shape index (κ3) is 5.07. The van der Waals surface area contributed by atoms with Gasteiger partial charge in [-0.2, -0.15) is 0 Å². The first-order valence-electron chi connectivity index (χ1n) is 9.66. The summed E-state index contributed by atoms with van der Waals surface area (Å²) in [5.41, 5.74) is 1.22. The molecule has 1 aliphatic heterocycles. The molecule has 1 aliphatic rings. The number of amides is 1. The van der Waals surface area contributed by atoms with Gasteiger partial charge in [0.05, 0.1) is 25.7 Å². The Bertz CT molecular complexity index is 1130. The van der Waals surface area contributed by atoms with E-state index in [1.54, 1.807) is 30.3 Å². The highest BCUT2D eigenvalue weighted by Crippen LogP contribution is 2.31. The Morgan fingerprint density at radius 2 is 1.94 bits per heavy atom. The second-order valence-corrected chi connectivity index (χ2v) is 8.97. The zero-order valence-corrected chi connectivity index (χ0v) is 18.7. The minimum Gasteiger partial charge on any atom is -0.351 e. The molecule has 0 aliphatic carbocycles. The highest BCUT2D eigenvalue weighted by molar-refractivity contribution is 7.22. The minimum atomic E-state index is -0.392. The van der Waals surface area contributed by atoms with Crippen molar-refractivity contribution in [2.75, 3.05) is 44.2 Å². The van der Waals surface area contributed by atoms with Gasteiger partial charge in [-0.15, -0.1) is 0 Å². The molecule has 3 aromatic rings. The van der Waals surface area contributed by atoms with Gasteiger partial charge in [0.25, 0.3) is 11.6 Å². The van der Waals surface area contributed by atoms with Crippen LogP contribution in [0.3, 0.4) is 0 Å². The maximum absolute atomic E-state index is 12.3. The van der Waals surface area contributed by atoms with Gasteiger partial charge in [-0.3, -0.25) is 19.8 Å². The number of carbonyl (C=O) groups excluding carboxylic acids is 1. The van der Waals surface area contributed by atoms with Gasteiger partial charge in [0.1, 0.15) is 0 Å². The Morgan fingerprint density at radius 3 is 2.68 bits per heavy atom.